The number of aromatic nitrogens is 3. The average molecular weight is 277 g/mol. The molecule has 8 heteroatoms. The van der Waals surface area contributed by atoms with Crippen molar-refractivity contribution < 1.29 is 9.66 Å². The topological polar surface area (TPSA) is 109 Å². The van der Waals surface area contributed by atoms with Crippen molar-refractivity contribution in [2.75, 3.05) is 7.11 Å². The number of nitro groups is 1. The zero-order valence-corrected chi connectivity index (χ0v) is 11.2. The molecule has 8 nitrogen and oxygen atoms in total. The lowest BCUT2D eigenvalue weighted by Gasteiger charge is -2.10. The monoisotopic (exact) mass is 277 g/mol. The van der Waals surface area contributed by atoms with Crippen LogP contribution in [0.4, 0.5) is 5.69 Å². The van der Waals surface area contributed by atoms with E-state index in [1.54, 1.807) is 12.1 Å². The van der Waals surface area contributed by atoms with Gasteiger partial charge in [0.05, 0.1) is 24.1 Å². The second-order valence-corrected chi connectivity index (χ2v) is 4.00. The fourth-order valence-electron chi connectivity index (χ4n) is 2.08. The Morgan fingerprint density at radius 2 is 2.20 bits per heavy atom. The molecule has 1 aromatic carbocycles. The molecule has 20 heavy (non-hydrogen) atoms. The molecule has 106 valence electrons. The van der Waals surface area contributed by atoms with Crippen LogP contribution in [0.3, 0.4) is 0 Å². The van der Waals surface area contributed by atoms with Crippen LogP contribution in [0.2, 0.25) is 0 Å². The maximum absolute atomic E-state index is 11.0. The molecule has 0 amide bonds. The van der Waals surface area contributed by atoms with Crippen molar-refractivity contribution in [1.29, 1.82) is 0 Å². The molecule has 0 aliphatic heterocycles. The van der Waals surface area contributed by atoms with Crippen LogP contribution in [-0.4, -0.2) is 26.8 Å². The predicted molar refractivity (Wildman–Crippen MR) is 72.2 cm³/mol. The molecule has 0 aliphatic rings. The Bertz CT molecular complexity index is 638. The second-order valence-electron chi connectivity index (χ2n) is 4.00. The maximum atomic E-state index is 11.0. The highest BCUT2D eigenvalue weighted by Crippen LogP contribution is 2.36. The number of rotatable bonds is 5. The van der Waals surface area contributed by atoms with Crippen molar-refractivity contribution in [3.63, 3.8) is 0 Å². The van der Waals surface area contributed by atoms with Gasteiger partial charge in [-0.2, -0.15) is 0 Å². The highest BCUT2D eigenvalue weighted by atomic mass is 16.6. The van der Waals surface area contributed by atoms with Crippen molar-refractivity contribution >= 4 is 5.69 Å². The average Bonchev–Trinajstić information content (AvgIpc) is 2.88. The van der Waals surface area contributed by atoms with Gasteiger partial charge in [-0.15, -0.1) is 10.2 Å². The van der Waals surface area contributed by atoms with E-state index >= 15 is 0 Å². The lowest BCUT2D eigenvalue weighted by Crippen LogP contribution is -2.08. The van der Waals surface area contributed by atoms with Gasteiger partial charge in [0.25, 0.3) is 0 Å². The summed E-state index contributed by atoms with van der Waals surface area (Å²) in [5.41, 5.74) is 6.02. The molecule has 0 saturated heterocycles. The van der Waals surface area contributed by atoms with Crippen molar-refractivity contribution in [3.8, 4) is 17.1 Å². The molecule has 0 aliphatic carbocycles. The number of para-hydroxylation sites is 1. The van der Waals surface area contributed by atoms with Gasteiger partial charge in [-0.25, -0.2) is 0 Å². The Hall–Kier alpha value is -2.48. The molecule has 2 aromatic rings. The van der Waals surface area contributed by atoms with E-state index in [4.69, 9.17) is 10.5 Å². The van der Waals surface area contributed by atoms with Crippen LogP contribution in [0.5, 0.6) is 5.75 Å². The summed E-state index contributed by atoms with van der Waals surface area (Å²) in [4.78, 5) is 10.6. The molecular weight excluding hydrogens is 262 g/mol. The highest BCUT2D eigenvalue weighted by Gasteiger charge is 2.23. The maximum Gasteiger partial charge on any atom is 0.311 e. The van der Waals surface area contributed by atoms with Crippen LogP contribution in [0, 0.1) is 10.1 Å². The van der Waals surface area contributed by atoms with Gasteiger partial charge in [0.1, 0.15) is 5.82 Å². The third kappa shape index (κ3) is 2.21. The summed E-state index contributed by atoms with van der Waals surface area (Å²) in [5, 5.41) is 19.1. The fourth-order valence-corrected chi connectivity index (χ4v) is 2.08. The van der Waals surface area contributed by atoms with Gasteiger partial charge in [0.2, 0.25) is 5.75 Å². The molecule has 2 N–H and O–H groups in total. The molecule has 1 heterocycles. The van der Waals surface area contributed by atoms with E-state index in [0.717, 1.165) is 0 Å². The molecular formula is C12H15N5O3. The smallest absolute Gasteiger partial charge is 0.311 e. The first-order valence-electron chi connectivity index (χ1n) is 6.07. The minimum Gasteiger partial charge on any atom is -0.490 e. The Kier molecular flexibility index (Phi) is 3.94. The van der Waals surface area contributed by atoms with E-state index in [-0.39, 0.29) is 18.0 Å². The molecule has 0 atom stereocenters. The van der Waals surface area contributed by atoms with Crippen LogP contribution >= 0.6 is 0 Å². The Morgan fingerprint density at radius 3 is 2.75 bits per heavy atom. The Labute approximate surface area is 115 Å². The molecule has 0 radical (unpaired) electrons. The van der Waals surface area contributed by atoms with Crippen molar-refractivity contribution in [3.05, 3.63) is 34.1 Å². The minimum absolute atomic E-state index is 0.107. The number of methoxy groups -OCH3 is 1. The van der Waals surface area contributed by atoms with Crippen LogP contribution in [0.1, 0.15) is 12.7 Å². The molecule has 0 spiro atoms. The SMILES string of the molecule is CCn1c(CN)nnc1-c1cccc([N+](=O)[O-])c1OC. The van der Waals surface area contributed by atoms with Gasteiger partial charge in [-0.1, -0.05) is 6.07 Å². The molecule has 0 unspecified atom stereocenters. The van der Waals surface area contributed by atoms with Gasteiger partial charge in [0, 0.05) is 12.6 Å². The van der Waals surface area contributed by atoms with E-state index < -0.39 is 4.92 Å². The van der Waals surface area contributed by atoms with E-state index in [2.05, 4.69) is 10.2 Å². The summed E-state index contributed by atoms with van der Waals surface area (Å²) < 4.78 is 6.99. The third-order valence-corrected chi connectivity index (χ3v) is 2.96. The van der Waals surface area contributed by atoms with E-state index in [1.165, 1.54) is 13.2 Å². The largest absolute Gasteiger partial charge is 0.490 e. The van der Waals surface area contributed by atoms with E-state index in [0.29, 0.717) is 23.8 Å². The number of nitrogens with two attached hydrogens (primary N) is 1. The zero-order valence-electron chi connectivity index (χ0n) is 11.2. The van der Waals surface area contributed by atoms with Crippen LogP contribution < -0.4 is 10.5 Å². The number of nitrogens with zero attached hydrogens (tertiary/aromatic N) is 4. The number of nitro benzene ring substituents is 1. The summed E-state index contributed by atoms with van der Waals surface area (Å²) in [6, 6.07) is 4.69. The van der Waals surface area contributed by atoms with Crippen molar-refractivity contribution in [1.82, 2.24) is 14.8 Å². The van der Waals surface area contributed by atoms with E-state index in [1.807, 2.05) is 11.5 Å². The highest BCUT2D eigenvalue weighted by molar-refractivity contribution is 5.71. The lowest BCUT2D eigenvalue weighted by molar-refractivity contribution is -0.385. The van der Waals surface area contributed by atoms with Gasteiger partial charge in [0.15, 0.2) is 5.82 Å². The predicted octanol–water partition coefficient (Wildman–Crippen LogP) is 1.34. The first kappa shape index (κ1) is 13.9. The second kappa shape index (κ2) is 5.66. The van der Waals surface area contributed by atoms with Crippen molar-refractivity contribution in [2.45, 2.75) is 20.0 Å². The number of benzene rings is 1. The van der Waals surface area contributed by atoms with Crippen molar-refractivity contribution in [2.24, 2.45) is 5.73 Å². The van der Waals surface area contributed by atoms with Crippen LogP contribution in [-0.2, 0) is 13.1 Å². The third-order valence-electron chi connectivity index (χ3n) is 2.96. The fraction of sp³-hybridized carbons (Fsp3) is 0.333. The van der Waals surface area contributed by atoms with Gasteiger partial charge < -0.3 is 15.0 Å². The Balaban J connectivity index is 2.67. The van der Waals surface area contributed by atoms with Gasteiger partial charge >= 0.3 is 5.69 Å². The summed E-state index contributed by atoms with van der Waals surface area (Å²) in [7, 11) is 1.39. The lowest BCUT2D eigenvalue weighted by atomic mass is 10.1. The molecule has 2 rings (SSSR count). The number of ether oxygens (including phenoxy) is 1. The zero-order chi connectivity index (χ0) is 14.7. The quantitative estimate of drug-likeness (QED) is 0.652. The Morgan fingerprint density at radius 1 is 1.45 bits per heavy atom. The van der Waals surface area contributed by atoms with E-state index in [9.17, 15) is 10.1 Å². The summed E-state index contributed by atoms with van der Waals surface area (Å²) in [5.74, 6) is 1.30. The van der Waals surface area contributed by atoms with Gasteiger partial charge in [-0.05, 0) is 13.0 Å². The molecule has 0 fully saturated rings. The molecule has 0 bridgehead atoms. The standard InChI is InChI=1S/C12H15N5O3/c1-3-16-10(7-13)14-15-12(16)8-5-4-6-9(17(18)19)11(8)20-2/h4-6H,3,7,13H2,1-2H3. The number of hydrogen-bond donors (Lipinski definition) is 1. The van der Waals surface area contributed by atoms with Gasteiger partial charge in [-0.3, -0.25) is 10.1 Å². The van der Waals surface area contributed by atoms with Crippen LogP contribution in [0.25, 0.3) is 11.4 Å². The molecule has 0 saturated carbocycles. The first-order valence-corrected chi connectivity index (χ1v) is 6.07. The van der Waals surface area contributed by atoms with Crippen LogP contribution in [0.15, 0.2) is 18.2 Å². The summed E-state index contributed by atoms with van der Waals surface area (Å²) >= 11 is 0. The number of hydrogen-bond acceptors (Lipinski definition) is 6. The normalized spacial score (nSPS) is 10.6. The molecule has 1 aromatic heterocycles. The minimum atomic E-state index is -0.487. The first-order chi connectivity index (χ1) is 9.63. The summed E-state index contributed by atoms with van der Waals surface area (Å²) in [6.45, 7) is 2.79. The summed E-state index contributed by atoms with van der Waals surface area (Å²) in [6.07, 6.45) is 0.